The Morgan fingerprint density at radius 2 is 1.59 bits per heavy atom. The molecule has 0 unspecified atom stereocenters. The summed E-state index contributed by atoms with van der Waals surface area (Å²) in [5, 5.41) is 0. The van der Waals surface area contributed by atoms with Crippen LogP contribution in [0.4, 0.5) is 0 Å². The van der Waals surface area contributed by atoms with E-state index in [1.165, 1.54) is 4.90 Å². The van der Waals surface area contributed by atoms with Crippen molar-refractivity contribution in [2.75, 3.05) is 20.3 Å². The lowest BCUT2D eigenvalue weighted by molar-refractivity contribution is -0.0113. The molecule has 0 spiro atoms. The maximum atomic E-state index is 12.5. The lowest BCUT2D eigenvalue weighted by Gasteiger charge is -2.33. The quantitative estimate of drug-likeness (QED) is 0.618. The molecule has 0 bridgehead atoms. The number of benzene rings is 1. The van der Waals surface area contributed by atoms with E-state index >= 15 is 0 Å². The lowest BCUT2D eigenvalue weighted by atomic mass is 9.92. The smallest absolute Gasteiger partial charge is 0.261 e. The number of fused-ring (bicyclic) bond motifs is 1. The van der Waals surface area contributed by atoms with Crippen molar-refractivity contribution in [3.05, 3.63) is 35.4 Å². The van der Waals surface area contributed by atoms with Crippen molar-refractivity contribution >= 4 is 11.8 Å². The summed E-state index contributed by atoms with van der Waals surface area (Å²) in [7, 11) is 1.66. The number of hydrogen-bond donors (Lipinski definition) is 0. The van der Waals surface area contributed by atoms with Crippen LogP contribution in [-0.2, 0) is 9.47 Å². The van der Waals surface area contributed by atoms with Gasteiger partial charge in [0.15, 0.2) is 0 Å². The predicted octanol–water partition coefficient (Wildman–Crippen LogP) is 2.26. The van der Waals surface area contributed by atoms with E-state index in [1.54, 1.807) is 31.4 Å². The van der Waals surface area contributed by atoms with Gasteiger partial charge in [-0.05, 0) is 37.8 Å². The topological polar surface area (TPSA) is 55.8 Å². The number of carbonyl (C=O) groups excluding carboxylic acids is 2. The van der Waals surface area contributed by atoms with Gasteiger partial charge in [0.1, 0.15) is 0 Å². The number of carbonyl (C=O) groups is 2. The highest BCUT2D eigenvalue weighted by Gasteiger charge is 2.40. The highest BCUT2D eigenvalue weighted by Crippen LogP contribution is 2.31. The molecule has 2 aliphatic rings. The second-order valence-corrected chi connectivity index (χ2v) is 5.82. The van der Waals surface area contributed by atoms with Gasteiger partial charge in [0.2, 0.25) is 0 Å². The zero-order valence-electron chi connectivity index (χ0n) is 12.8. The Kier molecular flexibility index (Phi) is 4.55. The van der Waals surface area contributed by atoms with Crippen LogP contribution in [0.25, 0.3) is 0 Å². The summed E-state index contributed by atoms with van der Waals surface area (Å²) in [6, 6.07) is 7.06. The Morgan fingerprint density at radius 3 is 2.14 bits per heavy atom. The largest absolute Gasteiger partial charge is 0.382 e. The van der Waals surface area contributed by atoms with Crippen molar-refractivity contribution in [1.82, 2.24) is 4.90 Å². The third kappa shape index (κ3) is 2.78. The number of rotatable bonds is 5. The van der Waals surface area contributed by atoms with Crippen molar-refractivity contribution in [1.29, 1.82) is 0 Å². The van der Waals surface area contributed by atoms with Crippen LogP contribution in [0, 0.1) is 0 Å². The van der Waals surface area contributed by atoms with Crippen LogP contribution in [-0.4, -0.2) is 49.2 Å². The van der Waals surface area contributed by atoms with E-state index in [4.69, 9.17) is 9.47 Å². The van der Waals surface area contributed by atoms with Crippen LogP contribution in [0.2, 0.25) is 0 Å². The minimum absolute atomic E-state index is 0.00493. The lowest BCUT2D eigenvalue weighted by Crippen LogP contribution is -2.43. The Bertz CT molecular complexity index is 529. The van der Waals surface area contributed by atoms with Crippen LogP contribution in [0.1, 0.15) is 46.4 Å². The van der Waals surface area contributed by atoms with Gasteiger partial charge in [0.05, 0.1) is 30.4 Å². The van der Waals surface area contributed by atoms with Gasteiger partial charge in [-0.1, -0.05) is 12.1 Å². The highest BCUT2D eigenvalue weighted by atomic mass is 16.5. The molecule has 118 valence electrons. The summed E-state index contributed by atoms with van der Waals surface area (Å²) in [4.78, 5) is 26.4. The van der Waals surface area contributed by atoms with E-state index in [2.05, 4.69) is 0 Å². The molecular formula is C17H21NO4. The van der Waals surface area contributed by atoms with Crippen LogP contribution >= 0.6 is 0 Å². The van der Waals surface area contributed by atoms with E-state index in [1.807, 2.05) is 0 Å². The average Bonchev–Trinajstić information content (AvgIpc) is 2.81. The van der Waals surface area contributed by atoms with Crippen molar-refractivity contribution in [3.63, 3.8) is 0 Å². The molecule has 1 aromatic carbocycles. The molecule has 22 heavy (non-hydrogen) atoms. The van der Waals surface area contributed by atoms with Gasteiger partial charge < -0.3 is 9.47 Å². The Hall–Kier alpha value is -1.72. The first kappa shape index (κ1) is 15.2. The first-order valence-electron chi connectivity index (χ1n) is 7.80. The second-order valence-electron chi connectivity index (χ2n) is 5.82. The van der Waals surface area contributed by atoms with Crippen molar-refractivity contribution in [2.24, 2.45) is 0 Å². The summed E-state index contributed by atoms with van der Waals surface area (Å²) in [6.45, 7) is 1.19. The predicted molar refractivity (Wildman–Crippen MR) is 80.8 cm³/mol. The molecule has 0 atom stereocenters. The summed E-state index contributed by atoms with van der Waals surface area (Å²) < 4.78 is 10.7. The zero-order chi connectivity index (χ0) is 15.5. The fourth-order valence-electron chi connectivity index (χ4n) is 3.31. The van der Waals surface area contributed by atoms with E-state index in [0.29, 0.717) is 24.3 Å². The van der Waals surface area contributed by atoms with Crippen LogP contribution in [0.3, 0.4) is 0 Å². The maximum Gasteiger partial charge on any atom is 0.261 e. The first-order valence-corrected chi connectivity index (χ1v) is 7.80. The van der Waals surface area contributed by atoms with Crippen LogP contribution in [0.5, 0.6) is 0 Å². The van der Waals surface area contributed by atoms with Gasteiger partial charge in [0, 0.05) is 13.2 Å². The standard InChI is InChI=1S/C17H21NO4/c1-21-10-11-22-13-8-6-12(7-9-13)18-16(19)14-4-2-3-5-15(14)17(18)20/h2-5,12-13H,6-11H2,1H3. The molecule has 5 heteroatoms. The summed E-state index contributed by atoms with van der Waals surface area (Å²) in [5.41, 5.74) is 1.07. The minimum Gasteiger partial charge on any atom is -0.382 e. The number of hydrogen-bond acceptors (Lipinski definition) is 4. The highest BCUT2D eigenvalue weighted by molar-refractivity contribution is 6.21. The number of methoxy groups -OCH3 is 1. The molecule has 2 amide bonds. The normalized spacial score (nSPS) is 24.7. The monoisotopic (exact) mass is 303 g/mol. The van der Waals surface area contributed by atoms with Crippen molar-refractivity contribution < 1.29 is 19.1 Å². The average molecular weight is 303 g/mol. The van der Waals surface area contributed by atoms with Gasteiger partial charge in [-0.15, -0.1) is 0 Å². The molecule has 1 heterocycles. The Labute approximate surface area is 130 Å². The minimum atomic E-state index is -0.149. The van der Waals surface area contributed by atoms with Gasteiger partial charge in [-0.25, -0.2) is 0 Å². The SMILES string of the molecule is COCCOC1CCC(N2C(=O)c3ccccc3C2=O)CC1. The molecule has 1 saturated carbocycles. The van der Waals surface area contributed by atoms with Gasteiger partial charge >= 0.3 is 0 Å². The second kappa shape index (κ2) is 6.58. The number of ether oxygens (including phenoxy) is 2. The number of nitrogens with zero attached hydrogens (tertiary/aromatic N) is 1. The zero-order valence-corrected chi connectivity index (χ0v) is 12.8. The fraction of sp³-hybridized carbons (Fsp3) is 0.529. The van der Waals surface area contributed by atoms with Crippen LogP contribution in [0.15, 0.2) is 24.3 Å². The van der Waals surface area contributed by atoms with E-state index in [0.717, 1.165) is 25.7 Å². The first-order chi connectivity index (χ1) is 10.7. The molecule has 5 nitrogen and oxygen atoms in total. The molecule has 1 aliphatic carbocycles. The van der Waals surface area contributed by atoms with Gasteiger partial charge in [0.25, 0.3) is 11.8 Å². The van der Waals surface area contributed by atoms with E-state index in [-0.39, 0.29) is 24.0 Å². The van der Waals surface area contributed by atoms with Crippen molar-refractivity contribution in [2.45, 2.75) is 37.8 Å². The molecule has 0 aromatic heterocycles. The Balaban J connectivity index is 1.61. The van der Waals surface area contributed by atoms with E-state index < -0.39 is 0 Å². The molecule has 1 aliphatic heterocycles. The Morgan fingerprint density at radius 1 is 1.00 bits per heavy atom. The van der Waals surface area contributed by atoms with Crippen molar-refractivity contribution in [3.8, 4) is 0 Å². The molecule has 0 radical (unpaired) electrons. The number of imide groups is 1. The maximum absolute atomic E-state index is 12.5. The summed E-state index contributed by atoms with van der Waals surface area (Å²) in [6.07, 6.45) is 3.58. The van der Waals surface area contributed by atoms with Gasteiger partial charge in [-0.2, -0.15) is 0 Å². The third-order valence-corrected chi connectivity index (χ3v) is 4.48. The number of amides is 2. The molecule has 3 rings (SSSR count). The molecule has 1 aromatic rings. The van der Waals surface area contributed by atoms with Crippen LogP contribution < -0.4 is 0 Å². The molecule has 0 N–H and O–H groups in total. The van der Waals surface area contributed by atoms with E-state index in [9.17, 15) is 9.59 Å². The molecule has 1 fully saturated rings. The van der Waals surface area contributed by atoms with Gasteiger partial charge in [-0.3, -0.25) is 14.5 Å². The third-order valence-electron chi connectivity index (χ3n) is 4.48. The summed E-state index contributed by atoms with van der Waals surface area (Å²) >= 11 is 0. The molecule has 0 saturated heterocycles. The fourth-order valence-corrected chi connectivity index (χ4v) is 3.31. The molecular weight excluding hydrogens is 282 g/mol. The summed E-state index contributed by atoms with van der Waals surface area (Å²) in [5.74, 6) is -0.297.